The fourth-order valence-electron chi connectivity index (χ4n) is 1.52. The van der Waals surface area contributed by atoms with Gasteiger partial charge in [0.05, 0.1) is 0 Å². The van der Waals surface area contributed by atoms with Gasteiger partial charge in [0, 0.05) is 16.6 Å². The molecule has 0 aliphatic heterocycles. The van der Waals surface area contributed by atoms with Gasteiger partial charge in [0.15, 0.2) is 0 Å². The number of halogens is 2. The average molecular weight is 242 g/mol. The summed E-state index contributed by atoms with van der Waals surface area (Å²) < 4.78 is 13.5. The molecule has 1 nitrogen and oxygen atoms in total. The molecule has 0 aromatic heterocycles. The fraction of sp³-hybridized carbons (Fsp3) is 0.385. The highest BCUT2D eigenvalue weighted by Gasteiger charge is 2.11. The summed E-state index contributed by atoms with van der Waals surface area (Å²) in [7, 11) is 0. The number of allylic oxidation sites excluding steroid dienone is 1. The van der Waals surface area contributed by atoms with Gasteiger partial charge in [0.1, 0.15) is 5.82 Å². The van der Waals surface area contributed by atoms with Gasteiger partial charge in [-0.3, -0.25) is 0 Å². The fourth-order valence-corrected chi connectivity index (χ4v) is 1.76. The van der Waals surface area contributed by atoms with E-state index in [2.05, 4.69) is 6.58 Å². The number of hydrogen-bond donors (Lipinski definition) is 1. The lowest BCUT2D eigenvalue weighted by molar-refractivity contribution is 0.566. The highest BCUT2D eigenvalue weighted by Crippen LogP contribution is 2.21. The summed E-state index contributed by atoms with van der Waals surface area (Å²) in [6.45, 7) is 5.77. The largest absolute Gasteiger partial charge is 0.327 e. The Hall–Kier alpha value is -0.860. The summed E-state index contributed by atoms with van der Waals surface area (Å²) in [6.07, 6.45) is 2.14. The van der Waals surface area contributed by atoms with Gasteiger partial charge in [-0.1, -0.05) is 23.2 Å². The zero-order valence-corrected chi connectivity index (χ0v) is 10.2. The molecule has 0 saturated carbocycles. The summed E-state index contributed by atoms with van der Waals surface area (Å²) in [5.74, 6) is -0.279. The first-order chi connectivity index (χ1) is 7.50. The summed E-state index contributed by atoms with van der Waals surface area (Å²) in [4.78, 5) is 0. The molecule has 0 saturated heterocycles. The molecule has 16 heavy (non-hydrogen) atoms. The molecular weight excluding hydrogens is 225 g/mol. The summed E-state index contributed by atoms with van der Waals surface area (Å²) in [6, 6.07) is 4.62. The van der Waals surface area contributed by atoms with Crippen molar-refractivity contribution in [2.24, 2.45) is 5.73 Å². The van der Waals surface area contributed by atoms with Crippen molar-refractivity contribution >= 4 is 11.6 Å². The Bertz CT molecular complexity index is 356. The molecule has 1 aromatic carbocycles. The van der Waals surface area contributed by atoms with E-state index in [1.165, 1.54) is 6.07 Å². The lowest BCUT2D eigenvalue weighted by Gasteiger charge is -2.13. The molecule has 1 unspecified atom stereocenters. The van der Waals surface area contributed by atoms with Crippen LogP contribution in [-0.2, 0) is 6.42 Å². The minimum atomic E-state index is -0.279. The molecule has 88 valence electrons. The molecule has 0 aliphatic carbocycles. The third-order valence-corrected chi connectivity index (χ3v) is 2.82. The van der Waals surface area contributed by atoms with Crippen LogP contribution in [0.15, 0.2) is 30.4 Å². The highest BCUT2D eigenvalue weighted by atomic mass is 35.5. The molecule has 0 radical (unpaired) electrons. The van der Waals surface area contributed by atoms with E-state index in [1.54, 1.807) is 12.1 Å². The van der Waals surface area contributed by atoms with Crippen LogP contribution in [0.4, 0.5) is 4.39 Å². The van der Waals surface area contributed by atoms with Gasteiger partial charge in [-0.25, -0.2) is 4.39 Å². The van der Waals surface area contributed by atoms with Gasteiger partial charge < -0.3 is 5.73 Å². The van der Waals surface area contributed by atoms with Gasteiger partial charge in [-0.05, 0) is 38.3 Å². The predicted molar refractivity (Wildman–Crippen MR) is 67.1 cm³/mol. The van der Waals surface area contributed by atoms with Crippen LogP contribution in [0.25, 0.3) is 0 Å². The van der Waals surface area contributed by atoms with E-state index in [9.17, 15) is 4.39 Å². The molecule has 0 bridgehead atoms. The molecule has 1 rings (SSSR count). The maximum absolute atomic E-state index is 13.5. The molecule has 2 N–H and O–H groups in total. The van der Waals surface area contributed by atoms with Crippen molar-refractivity contribution in [2.45, 2.75) is 32.2 Å². The summed E-state index contributed by atoms with van der Waals surface area (Å²) in [5.41, 5.74) is 7.53. The molecule has 3 heteroatoms. The van der Waals surface area contributed by atoms with Crippen LogP contribution in [-0.4, -0.2) is 6.04 Å². The Labute approximate surface area is 101 Å². The maximum Gasteiger partial charge on any atom is 0.127 e. The van der Waals surface area contributed by atoms with Crippen LogP contribution in [0.1, 0.15) is 25.3 Å². The van der Waals surface area contributed by atoms with Crippen molar-refractivity contribution in [1.82, 2.24) is 0 Å². The van der Waals surface area contributed by atoms with Crippen molar-refractivity contribution in [3.63, 3.8) is 0 Å². The lowest BCUT2D eigenvalue weighted by atomic mass is 10.0. The number of rotatable bonds is 5. The van der Waals surface area contributed by atoms with Crippen molar-refractivity contribution in [2.75, 3.05) is 0 Å². The second-order valence-electron chi connectivity index (χ2n) is 4.16. The number of hydrogen-bond acceptors (Lipinski definition) is 1. The van der Waals surface area contributed by atoms with E-state index >= 15 is 0 Å². The Morgan fingerprint density at radius 1 is 1.56 bits per heavy atom. The SMILES string of the molecule is C=C(C)CCC(N)Cc1c(F)cccc1Cl. The first kappa shape index (κ1) is 13.2. The smallest absolute Gasteiger partial charge is 0.127 e. The van der Waals surface area contributed by atoms with E-state index in [0.717, 1.165) is 18.4 Å². The van der Waals surface area contributed by atoms with Crippen LogP contribution in [0.2, 0.25) is 5.02 Å². The standard InChI is InChI=1S/C13H17ClFN/c1-9(2)6-7-10(16)8-11-12(14)4-3-5-13(11)15/h3-5,10H,1,6-8,16H2,2H3. The first-order valence-corrected chi connectivity index (χ1v) is 5.71. The van der Waals surface area contributed by atoms with Gasteiger partial charge in [-0.15, -0.1) is 6.58 Å². The Kier molecular flexibility index (Phi) is 4.97. The predicted octanol–water partition coefficient (Wildman–Crippen LogP) is 3.71. The van der Waals surface area contributed by atoms with Crippen LogP contribution in [0, 0.1) is 5.82 Å². The molecule has 0 heterocycles. The third-order valence-electron chi connectivity index (χ3n) is 2.47. The van der Waals surface area contributed by atoms with Crippen LogP contribution >= 0.6 is 11.6 Å². The van der Waals surface area contributed by atoms with Crippen LogP contribution in [0.3, 0.4) is 0 Å². The maximum atomic E-state index is 13.5. The van der Waals surface area contributed by atoms with Gasteiger partial charge in [0.2, 0.25) is 0 Å². The van der Waals surface area contributed by atoms with E-state index < -0.39 is 0 Å². The monoisotopic (exact) mass is 241 g/mol. The number of nitrogens with two attached hydrogens (primary N) is 1. The quantitative estimate of drug-likeness (QED) is 0.782. The van der Waals surface area contributed by atoms with E-state index in [4.69, 9.17) is 17.3 Å². The average Bonchev–Trinajstić information content (AvgIpc) is 2.21. The second kappa shape index (κ2) is 6.02. The third kappa shape index (κ3) is 3.95. The van der Waals surface area contributed by atoms with E-state index in [1.807, 2.05) is 6.92 Å². The highest BCUT2D eigenvalue weighted by molar-refractivity contribution is 6.31. The molecule has 0 spiro atoms. The Morgan fingerprint density at radius 3 is 2.81 bits per heavy atom. The van der Waals surface area contributed by atoms with Gasteiger partial charge in [-0.2, -0.15) is 0 Å². The van der Waals surface area contributed by atoms with Crippen molar-refractivity contribution in [1.29, 1.82) is 0 Å². The summed E-state index contributed by atoms with van der Waals surface area (Å²) in [5, 5.41) is 0.450. The lowest BCUT2D eigenvalue weighted by Crippen LogP contribution is -2.23. The molecule has 0 fully saturated rings. The van der Waals surface area contributed by atoms with Crippen molar-refractivity contribution in [3.05, 3.63) is 46.8 Å². The Morgan fingerprint density at radius 2 is 2.25 bits per heavy atom. The molecule has 0 amide bonds. The second-order valence-corrected chi connectivity index (χ2v) is 4.57. The zero-order valence-electron chi connectivity index (χ0n) is 9.47. The minimum Gasteiger partial charge on any atom is -0.327 e. The van der Waals surface area contributed by atoms with Crippen LogP contribution in [0.5, 0.6) is 0 Å². The van der Waals surface area contributed by atoms with E-state index in [-0.39, 0.29) is 11.9 Å². The molecular formula is C13H17ClFN. The normalized spacial score (nSPS) is 12.5. The van der Waals surface area contributed by atoms with Crippen molar-refractivity contribution < 1.29 is 4.39 Å². The van der Waals surface area contributed by atoms with Crippen molar-refractivity contribution in [3.8, 4) is 0 Å². The minimum absolute atomic E-state index is 0.0777. The van der Waals surface area contributed by atoms with Crippen LogP contribution < -0.4 is 5.73 Å². The molecule has 0 aliphatic rings. The summed E-state index contributed by atoms with van der Waals surface area (Å²) >= 11 is 5.92. The van der Waals surface area contributed by atoms with Gasteiger partial charge >= 0.3 is 0 Å². The first-order valence-electron chi connectivity index (χ1n) is 5.33. The molecule has 1 atom stereocenters. The van der Waals surface area contributed by atoms with E-state index in [0.29, 0.717) is 17.0 Å². The van der Waals surface area contributed by atoms with Gasteiger partial charge in [0.25, 0.3) is 0 Å². The molecule has 1 aromatic rings. The zero-order chi connectivity index (χ0) is 12.1. The Balaban J connectivity index is 2.62. The number of benzene rings is 1. The topological polar surface area (TPSA) is 26.0 Å².